The Kier molecular flexibility index (Phi) is 4.62. The number of anilines is 2. The summed E-state index contributed by atoms with van der Waals surface area (Å²) < 4.78 is 0. The Morgan fingerprint density at radius 3 is 2.81 bits per heavy atom. The first-order valence-electron chi connectivity index (χ1n) is 5.40. The molecule has 0 aliphatic carbocycles. The number of halogens is 1. The third kappa shape index (κ3) is 3.42. The van der Waals surface area contributed by atoms with E-state index < -0.39 is 0 Å². The van der Waals surface area contributed by atoms with Crippen LogP contribution in [0, 0.1) is 6.92 Å². The molecule has 0 aliphatic heterocycles. The first-order valence-corrected chi connectivity index (χ1v) is 5.78. The molecule has 0 aromatic heterocycles. The molecule has 0 spiro atoms. The topological polar surface area (TPSA) is 55.1 Å². The maximum Gasteiger partial charge on any atom is 0.224 e. The smallest absolute Gasteiger partial charge is 0.224 e. The van der Waals surface area contributed by atoms with E-state index >= 15 is 0 Å². The fourth-order valence-electron chi connectivity index (χ4n) is 1.39. The fourth-order valence-corrected chi connectivity index (χ4v) is 1.55. The maximum atomic E-state index is 11.5. The van der Waals surface area contributed by atoms with Crippen LogP contribution in [0.15, 0.2) is 12.1 Å². The molecule has 1 aromatic rings. The van der Waals surface area contributed by atoms with Crippen LogP contribution in [-0.4, -0.2) is 5.91 Å². The van der Waals surface area contributed by atoms with Crippen LogP contribution in [0.1, 0.15) is 31.7 Å². The monoisotopic (exact) mass is 240 g/mol. The first kappa shape index (κ1) is 12.8. The van der Waals surface area contributed by atoms with Gasteiger partial charge in [0.1, 0.15) is 0 Å². The summed E-state index contributed by atoms with van der Waals surface area (Å²) >= 11 is 5.90. The van der Waals surface area contributed by atoms with E-state index in [9.17, 15) is 4.79 Å². The van der Waals surface area contributed by atoms with Gasteiger partial charge in [-0.3, -0.25) is 4.79 Å². The number of nitrogen functional groups attached to an aromatic ring is 1. The van der Waals surface area contributed by atoms with Crippen molar-refractivity contribution in [2.45, 2.75) is 33.1 Å². The van der Waals surface area contributed by atoms with Gasteiger partial charge in [-0.15, -0.1) is 0 Å². The molecule has 0 atom stereocenters. The van der Waals surface area contributed by atoms with Crippen LogP contribution >= 0.6 is 11.6 Å². The highest BCUT2D eigenvalue weighted by Crippen LogP contribution is 2.26. The van der Waals surface area contributed by atoms with Crippen LogP contribution in [0.2, 0.25) is 5.02 Å². The number of amides is 1. The zero-order chi connectivity index (χ0) is 12.1. The maximum absolute atomic E-state index is 11.5. The number of aryl methyl sites for hydroxylation is 1. The quantitative estimate of drug-likeness (QED) is 0.793. The Morgan fingerprint density at radius 1 is 1.50 bits per heavy atom. The van der Waals surface area contributed by atoms with E-state index in [1.807, 2.05) is 6.92 Å². The molecule has 4 heteroatoms. The molecule has 0 bridgehead atoms. The van der Waals surface area contributed by atoms with Crippen molar-refractivity contribution < 1.29 is 4.79 Å². The van der Waals surface area contributed by atoms with Gasteiger partial charge >= 0.3 is 0 Å². The van der Waals surface area contributed by atoms with Crippen LogP contribution in [0.4, 0.5) is 11.4 Å². The summed E-state index contributed by atoms with van der Waals surface area (Å²) in [4.78, 5) is 11.5. The summed E-state index contributed by atoms with van der Waals surface area (Å²) in [7, 11) is 0. The molecule has 1 amide bonds. The number of benzene rings is 1. The van der Waals surface area contributed by atoms with Gasteiger partial charge in [0.2, 0.25) is 5.91 Å². The van der Waals surface area contributed by atoms with Gasteiger partial charge in [-0.05, 0) is 31.0 Å². The minimum Gasteiger partial charge on any atom is -0.398 e. The van der Waals surface area contributed by atoms with E-state index in [0.29, 0.717) is 17.1 Å². The van der Waals surface area contributed by atoms with Crippen LogP contribution in [0.25, 0.3) is 0 Å². The second-order valence-electron chi connectivity index (χ2n) is 3.84. The highest BCUT2D eigenvalue weighted by Gasteiger charge is 2.06. The summed E-state index contributed by atoms with van der Waals surface area (Å²) in [6.07, 6.45) is 2.44. The van der Waals surface area contributed by atoms with E-state index in [1.165, 1.54) is 0 Å². The number of rotatable bonds is 4. The van der Waals surface area contributed by atoms with Gasteiger partial charge in [-0.1, -0.05) is 24.9 Å². The summed E-state index contributed by atoms with van der Waals surface area (Å²) in [5.41, 5.74) is 7.85. The molecule has 0 aliphatic rings. The van der Waals surface area contributed by atoms with E-state index in [1.54, 1.807) is 12.1 Å². The highest BCUT2D eigenvalue weighted by molar-refractivity contribution is 6.33. The molecule has 1 aromatic carbocycles. The standard InChI is InChI=1S/C12H17ClN2O/c1-3-4-5-12(16)15-11-7-9(13)10(14)6-8(11)2/h6-7H,3-5,14H2,1-2H3,(H,15,16). The molecule has 88 valence electrons. The Labute approximate surface area is 101 Å². The summed E-state index contributed by atoms with van der Waals surface area (Å²) in [5, 5.41) is 3.30. The second kappa shape index (κ2) is 5.75. The average Bonchev–Trinajstić information content (AvgIpc) is 2.23. The van der Waals surface area contributed by atoms with Crippen molar-refractivity contribution in [3.63, 3.8) is 0 Å². The van der Waals surface area contributed by atoms with E-state index in [0.717, 1.165) is 24.1 Å². The fraction of sp³-hybridized carbons (Fsp3) is 0.417. The molecule has 0 unspecified atom stereocenters. The predicted molar refractivity (Wildman–Crippen MR) is 68.8 cm³/mol. The molecule has 0 saturated heterocycles. The van der Waals surface area contributed by atoms with Gasteiger partial charge in [0.15, 0.2) is 0 Å². The zero-order valence-corrected chi connectivity index (χ0v) is 10.4. The predicted octanol–water partition coefficient (Wildman–Crippen LogP) is 3.36. The minimum atomic E-state index is 0.0192. The van der Waals surface area contributed by atoms with Gasteiger partial charge in [-0.25, -0.2) is 0 Å². The number of nitrogens with two attached hydrogens (primary N) is 1. The molecule has 0 heterocycles. The number of unbranched alkanes of at least 4 members (excludes halogenated alkanes) is 1. The summed E-state index contributed by atoms with van der Waals surface area (Å²) in [6, 6.07) is 3.45. The van der Waals surface area contributed by atoms with E-state index in [-0.39, 0.29) is 5.91 Å². The van der Waals surface area contributed by atoms with Gasteiger partial charge in [0, 0.05) is 12.1 Å². The summed E-state index contributed by atoms with van der Waals surface area (Å²) in [6.45, 7) is 3.95. The number of hydrogen-bond acceptors (Lipinski definition) is 2. The lowest BCUT2D eigenvalue weighted by Crippen LogP contribution is -2.12. The Balaban J connectivity index is 2.73. The van der Waals surface area contributed by atoms with Crippen molar-refractivity contribution in [1.29, 1.82) is 0 Å². The normalized spacial score (nSPS) is 10.2. The second-order valence-corrected chi connectivity index (χ2v) is 4.25. The Morgan fingerprint density at radius 2 is 2.19 bits per heavy atom. The van der Waals surface area contributed by atoms with Gasteiger partial charge < -0.3 is 11.1 Å². The third-order valence-corrected chi connectivity index (χ3v) is 2.70. The molecule has 3 N–H and O–H groups in total. The largest absolute Gasteiger partial charge is 0.398 e. The zero-order valence-electron chi connectivity index (χ0n) is 9.64. The molecule has 0 saturated carbocycles. The average molecular weight is 241 g/mol. The van der Waals surface area contributed by atoms with E-state index in [4.69, 9.17) is 17.3 Å². The molecule has 16 heavy (non-hydrogen) atoms. The Bertz CT molecular complexity index is 391. The van der Waals surface area contributed by atoms with Crippen molar-refractivity contribution in [3.8, 4) is 0 Å². The highest BCUT2D eigenvalue weighted by atomic mass is 35.5. The number of carbonyl (C=O) groups is 1. The molecular weight excluding hydrogens is 224 g/mol. The van der Waals surface area contributed by atoms with Gasteiger partial charge in [0.25, 0.3) is 0 Å². The van der Waals surface area contributed by atoms with Gasteiger partial charge in [-0.2, -0.15) is 0 Å². The lowest BCUT2D eigenvalue weighted by Gasteiger charge is -2.10. The lowest BCUT2D eigenvalue weighted by molar-refractivity contribution is -0.116. The van der Waals surface area contributed by atoms with Crippen LogP contribution in [0.3, 0.4) is 0 Å². The van der Waals surface area contributed by atoms with Crippen molar-refractivity contribution in [2.24, 2.45) is 0 Å². The van der Waals surface area contributed by atoms with Crippen molar-refractivity contribution in [2.75, 3.05) is 11.1 Å². The van der Waals surface area contributed by atoms with Crippen LogP contribution in [0.5, 0.6) is 0 Å². The van der Waals surface area contributed by atoms with Crippen molar-refractivity contribution in [1.82, 2.24) is 0 Å². The van der Waals surface area contributed by atoms with Crippen LogP contribution in [-0.2, 0) is 4.79 Å². The Hall–Kier alpha value is -1.22. The first-order chi connectivity index (χ1) is 7.54. The van der Waals surface area contributed by atoms with Crippen molar-refractivity contribution >= 4 is 28.9 Å². The van der Waals surface area contributed by atoms with Gasteiger partial charge in [0.05, 0.1) is 10.7 Å². The summed E-state index contributed by atoms with van der Waals surface area (Å²) in [5.74, 6) is 0.0192. The molecule has 1 rings (SSSR count). The molecule has 0 fully saturated rings. The molecule has 0 radical (unpaired) electrons. The SMILES string of the molecule is CCCCC(=O)Nc1cc(Cl)c(N)cc1C. The molecular formula is C12H17ClN2O. The number of nitrogens with one attached hydrogen (secondary N) is 1. The lowest BCUT2D eigenvalue weighted by atomic mass is 10.1. The number of carbonyl (C=O) groups excluding carboxylic acids is 1. The van der Waals surface area contributed by atoms with Crippen molar-refractivity contribution in [3.05, 3.63) is 22.7 Å². The number of hydrogen-bond donors (Lipinski definition) is 2. The minimum absolute atomic E-state index is 0.0192. The van der Waals surface area contributed by atoms with E-state index in [2.05, 4.69) is 12.2 Å². The third-order valence-electron chi connectivity index (χ3n) is 2.38. The van der Waals surface area contributed by atoms with Crippen LogP contribution < -0.4 is 11.1 Å². The molecule has 3 nitrogen and oxygen atoms in total.